The monoisotopic (exact) mass is 596 g/mol. The van der Waals surface area contributed by atoms with Gasteiger partial charge in [-0.05, 0) is 68.4 Å². The van der Waals surface area contributed by atoms with Crippen LogP contribution in [0.1, 0.15) is 66.6 Å². The van der Waals surface area contributed by atoms with Crippen LogP contribution in [0.15, 0.2) is 47.0 Å². The Morgan fingerprint density at radius 2 is 1.83 bits per heavy atom. The molecule has 3 amide bonds. The van der Waals surface area contributed by atoms with Gasteiger partial charge in [0.15, 0.2) is 0 Å². The molecule has 3 fully saturated rings. The minimum Gasteiger partial charge on any atom is -0.373 e. The number of piperidine rings is 1. The van der Waals surface area contributed by atoms with Crippen molar-refractivity contribution in [1.82, 2.24) is 15.0 Å². The first-order valence-electron chi connectivity index (χ1n) is 14.2. The standard InChI is InChI=1S/C31H34Cl2N4O4/c1-17-12-21-14-22(15-26(17)37(21)31(39)34-20-7-4-6-19(13-20)30(38)36(2)3)40-16-23-28(35-41-29(23)18-10-11-18)27-24(32)8-5-9-25(27)33/h4-9,13,17-18,21-22,26H,10-12,14-16H2,1-3H3,(H,34,39)/t17-,21?,22+,26?/m1/s1. The second kappa shape index (κ2) is 11.3. The largest absolute Gasteiger partial charge is 0.373 e. The van der Waals surface area contributed by atoms with Crippen molar-refractivity contribution in [1.29, 1.82) is 0 Å². The Hall–Kier alpha value is -3.07. The first-order valence-corrected chi connectivity index (χ1v) is 14.9. The topological polar surface area (TPSA) is 87.9 Å². The average Bonchev–Trinajstić information content (AvgIpc) is 3.66. The predicted octanol–water partition coefficient (Wildman–Crippen LogP) is 7.22. The van der Waals surface area contributed by atoms with Crippen LogP contribution >= 0.6 is 23.2 Å². The van der Waals surface area contributed by atoms with Crippen molar-refractivity contribution in [3.8, 4) is 11.3 Å². The predicted molar refractivity (Wildman–Crippen MR) is 158 cm³/mol. The molecule has 2 saturated heterocycles. The molecule has 41 heavy (non-hydrogen) atoms. The lowest BCUT2D eigenvalue weighted by atomic mass is 9.97. The molecule has 2 aromatic carbocycles. The molecule has 3 aromatic rings. The number of urea groups is 1. The van der Waals surface area contributed by atoms with Crippen LogP contribution in [0.25, 0.3) is 11.3 Å². The molecular formula is C31H34Cl2N4O4. The number of benzene rings is 2. The quantitative estimate of drug-likeness (QED) is 0.311. The van der Waals surface area contributed by atoms with Gasteiger partial charge >= 0.3 is 6.03 Å². The molecule has 3 aliphatic rings. The zero-order valence-electron chi connectivity index (χ0n) is 23.4. The molecule has 6 rings (SSSR count). The van der Waals surface area contributed by atoms with Crippen molar-refractivity contribution in [2.45, 2.75) is 69.7 Å². The maximum absolute atomic E-state index is 13.5. The Morgan fingerprint density at radius 3 is 2.51 bits per heavy atom. The van der Waals surface area contributed by atoms with Gasteiger partial charge in [0.1, 0.15) is 11.5 Å². The molecule has 8 nitrogen and oxygen atoms in total. The van der Waals surface area contributed by atoms with Crippen LogP contribution in [0.4, 0.5) is 10.5 Å². The maximum Gasteiger partial charge on any atom is 0.322 e. The molecule has 4 atom stereocenters. The summed E-state index contributed by atoms with van der Waals surface area (Å²) in [5.74, 6) is 1.46. The number of hydrogen-bond donors (Lipinski definition) is 1. The van der Waals surface area contributed by atoms with E-state index >= 15 is 0 Å². The molecular weight excluding hydrogens is 563 g/mol. The van der Waals surface area contributed by atoms with Gasteiger partial charge in [0.25, 0.3) is 5.91 Å². The Morgan fingerprint density at radius 1 is 1.10 bits per heavy atom. The Balaban J connectivity index is 1.15. The summed E-state index contributed by atoms with van der Waals surface area (Å²) in [5.41, 5.74) is 3.37. The number of aromatic nitrogens is 1. The van der Waals surface area contributed by atoms with Crippen LogP contribution in [-0.4, -0.2) is 59.2 Å². The summed E-state index contributed by atoms with van der Waals surface area (Å²) in [4.78, 5) is 29.4. The van der Waals surface area contributed by atoms with E-state index in [1.54, 1.807) is 44.4 Å². The smallest absolute Gasteiger partial charge is 0.322 e. The summed E-state index contributed by atoms with van der Waals surface area (Å²) >= 11 is 13.0. The van der Waals surface area contributed by atoms with E-state index in [-0.39, 0.29) is 30.1 Å². The van der Waals surface area contributed by atoms with Crippen LogP contribution in [0.5, 0.6) is 0 Å². The Kier molecular flexibility index (Phi) is 7.74. The Labute approximate surface area is 249 Å². The second-order valence-electron chi connectivity index (χ2n) is 11.7. The van der Waals surface area contributed by atoms with Crippen molar-refractivity contribution >= 4 is 40.8 Å². The molecule has 2 unspecified atom stereocenters. The number of fused-ring (bicyclic) bond motifs is 2. The van der Waals surface area contributed by atoms with Crippen LogP contribution in [-0.2, 0) is 11.3 Å². The van der Waals surface area contributed by atoms with Crippen molar-refractivity contribution in [3.05, 3.63) is 69.4 Å². The molecule has 3 heterocycles. The van der Waals surface area contributed by atoms with Gasteiger partial charge in [-0.15, -0.1) is 0 Å². The number of nitrogens with one attached hydrogen (secondary N) is 1. The van der Waals surface area contributed by atoms with Crippen molar-refractivity contribution in [3.63, 3.8) is 0 Å². The van der Waals surface area contributed by atoms with E-state index in [0.717, 1.165) is 43.4 Å². The number of nitrogens with zero attached hydrogens (tertiary/aromatic N) is 3. The van der Waals surface area contributed by atoms with E-state index in [0.29, 0.717) is 51.0 Å². The number of rotatable bonds is 7. The third-order valence-electron chi connectivity index (χ3n) is 8.52. The number of amides is 3. The van der Waals surface area contributed by atoms with E-state index in [2.05, 4.69) is 17.4 Å². The highest BCUT2D eigenvalue weighted by molar-refractivity contribution is 6.39. The number of anilines is 1. The fraction of sp³-hybridized carbons (Fsp3) is 0.452. The van der Waals surface area contributed by atoms with E-state index < -0.39 is 0 Å². The molecule has 216 valence electrons. The highest BCUT2D eigenvalue weighted by atomic mass is 35.5. The summed E-state index contributed by atoms with van der Waals surface area (Å²) in [7, 11) is 3.42. The molecule has 1 aliphatic carbocycles. The zero-order chi connectivity index (χ0) is 28.8. The number of hydrogen-bond acceptors (Lipinski definition) is 5. The van der Waals surface area contributed by atoms with E-state index in [1.165, 1.54) is 4.90 Å². The molecule has 0 radical (unpaired) electrons. The minimum absolute atomic E-state index is 0.00318. The van der Waals surface area contributed by atoms with Crippen LogP contribution in [0.2, 0.25) is 10.0 Å². The number of ether oxygens (including phenoxy) is 1. The van der Waals surface area contributed by atoms with Crippen molar-refractivity contribution in [2.75, 3.05) is 19.4 Å². The molecule has 10 heteroatoms. The lowest BCUT2D eigenvalue weighted by molar-refractivity contribution is -0.0181. The fourth-order valence-electron chi connectivity index (χ4n) is 6.35. The number of carbonyl (C=O) groups is 2. The van der Waals surface area contributed by atoms with E-state index in [9.17, 15) is 9.59 Å². The molecule has 2 bridgehead atoms. The van der Waals surface area contributed by atoms with Gasteiger partial charge in [-0.3, -0.25) is 4.79 Å². The molecule has 1 saturated carbocycles. The van der Waals surface area contributed by atoms with Gasteiger partial charge in [-0.1, -0.05) is 47.4 Å². The Bertz CT molecular complexity index is 1450. The molecule has 1 N–H and O–H groups in total. The lowest BCUT2D eigenvalue weighted by Crippen LogP contribution is -2.51. The van der Waals surface area contributed by atoms with Gasteiger partial charge in [-0.25, -0.2) is 4.79 Å². The third-order valence-corrected chi connectivity index (χ3v) is 9.15. The summed E-state index contributed by atoms with van der Waals surface area (Å²) in [6.45, 7) is 2.55. The van der Waals surface area contributed by atoms with E-state index in [1.807, 2.05) is 17.0 Å². The lowest BCUT2D eigenvalue weighted by Gasteiger charge is -2.39. The highest BCUT2D eigenvalue weighted by Gasteiger charge is 2.47. The molecule has 2 aliphatic heterocycles. The summed E-state index contributed by atoms with van der Waals surface area (Å²) < 4.78 is 12.3. The van der Waals surface area contributed by atoms with Gasteiger partial charge < -0.3 is 24.4 Å². The first kappa shape index (κ1) is 28.1. The average molecular weight is 598 g/mol. The highest BCUT2D eigenvalue weighted by Crippen LogP contribution is 2.47. The van der Waals surface area contributed by atoms with Crippen LogP contribution in [0.3, 0.4) is 0 Å². The maximum atomic E-state index is 13.5. The van der Waals surface area contributed by atoms with Gasteiger partial charge in [0.2, 0.25) is 0 Å². The zero-order valence-corrected chi connectivity index (χ0v) is 24.9. The van der Waals surface area contributed by atoms with Crippen LogP contribution in [0, 0.1) is 5.92 Å². The van der Waals surface area contributed by atoms with Crippen LogP contribution < -0.4 is 5.32 Å². The number of carbonyl (C=O) groups excluding carboxylic acids is 2. The SMILES string of the molecule is C[C@@H]1CC2C[C@H](OCc3c(-c4c(Cl)cccc4Cl)noc3C3CC3)CC1N2C(=O)Nc1cccc(C(=O)N(C)C)c1. The fourth-order valence-corrected chi connectivity index (χ4v) is 6.92. The normalized spacial score (nSPS) is 23.5. The minimum atomic E-state index is -0.136. The van der Waals surface area contributed by atoms with Crippen molar-refractivity contribution in [2.24, 2.45) is 5.92 Å². The van der Waals surface area contributed by atoms with Gasteiger partial charge in [-0.2, -0.15) is 0 Å². The third kappa shape index (κ3) is 5.57. The number of halogens is 2. The summed E-state index contributed by atoms with van der Waals surface area (Å²) in [5, 5.41) is 8.46. The summed E-state index contributed by atoms with van der Waals surface area (Å²) in [6, 6.07) is 12.5. The van der Waals surface area contributed by atoms with Gasteiger partial charge in [0.05, 0.1) is 22.8 Å². The second-order valence-corrected chi connectivity index (χ2v) is 12.5. The summed E-state index contributed by atoms with van der Waals surface area (Å²) in [6.07, 6.45) is 4.56. The molecule has 1 aromatic heterocycles. The van der Waals surface area contributed by atoms with Gasteiger partial charge in [0, 0.05) is 54.5 Å². The molecule has 0 spiro atoms. The van der Waals surface area contributed by atoms with E-state index in [4.69, 9.17) is 32.5 Å². The van der Waals surface area contributed by atoms with Crippen molar-refractivity contribution < 1.29 is 18.8 Å². The first-order chi connectivity index (χ1) is 19.7.